The van der Waals surface area contributed by atoms with Gasteiger partial charge in [0.15, 0.2) is 0 Å². The molecule has 0 aromatic carbocycles. The zero-order valence-electron chi connectivity index (χ0n) is 10.2. The normalized spacial score (nSPS) is 28.2. The van der Waals surface area contributed by atoms with Crippen LogP contribution in [0.15, 0.2) is 11.8 Å². The molecule has 0 radical (unpaired) electrons. The standard InChI is InChI=1S/C12H24N2/c1-6-8-12(5)13-9-7-10(14-12)11(2,3)4/h7,13-14H,6,8-9H2,1-5H3. The third-order valence-corrected chi connectivity index (χ3v) is 2.77. The lowest BCUT2D eigenvalue weighted by atomic mass is 9.88. The van der Waals surface area contributed by atoms with E-state index in [1.807, 2.05) is 0 Å². The van der Waals surface area contributed by atoms with Gasteiger partial charge in [-0.1, -0.05) is 40.2 Å². The minimum Gasteiger partial charge on any atom is -0.371 e. The molecule has 82 valence electrons. The van der Waals surface area contributed by atoms with Gasteiger partial charge in [-0.05, 0) is 13.3 Å². The molecule has 0 spiro atoms. The van der Waals surface area contributed by atoms with Crippen molar-refractivity contribution in [3.05, 3.63) is 11.8 Å². The summed E-state index contributed by atoms with van der Waals surface area (Å²) in [4.78, 5) is 0. The Balaban J connectivity index is 2.71. The summed E-state index contributed by atoms with van der Waals surface area (Å²) in [6.07, 6.45) is 4.63. The van der Waals surface area contributed by atoms with Crippen molar-refractivity contribution in [2.45, 2.75) is 53.1 Å². The van der Waals surface area contributed by atoms with Gasteiger partial charge in [-0.15, -0.1) is 0 Å². The van der Waals surface area contributed by atoms with Crippen LogP contribution in [0.1, 0.15) is 47.5 Å². The van der Waals surface area contributed by atoms with Crippen molar-refractivity contribution >= 4 is 0 Å². The predicted octanol–water partition coefficient (Wildman–Crippen LogP) is 2.63. The van der Waals surface area contributed by atoms with Crippen LogP contribution >= 0.6 is 0 Å². The van der Waals surface area contributed by atoms with Crippen molar-refractivity contribution < 1.29 is 0 Å². The second-order valence-corrected chi connectivity index (χ2v) is 5.46. The van der Waals surface area contributed by atoms with E-state index in [1.165, 1.54) is 18.5 Å². The summed E-state index contributed by atoms with van der Waals surface area (Å²) >= 11 is 0. The molecule has 1 heterocycles. The highest BCUT2D eigenvalue weighted by Crippen LogP contribution is 2.27. The van der Waals surface area contributed by atoms with Gasteiger partial charge in [-0.3, -0.25) is 5.32 Å². The van der Waals surface area contributed by atoms with Gasteiger partial charge >= 0.3 is 0 Å². The van der Waals surface area contributed by atoms with Crippen molar-refractivity contribution in [2.75, 3.05) is 6.54 Å². The Morgan fingerprint density at radius 2 is 2.07 bits per heavy atom. The SMILES string of the molecule is CCCC1(C)NCC=C(C(C)(C)C)N1. The average Bonchev–Trinajstić information content (AvgIpc) is 2.02. The zero-order valence-corrected chi connectivity index (χ0v) is 10.2. The maximum Gasteiger partial charge on any atom is 0.0852 e. The van der Waals surface area contributed by atoms with Crippen LogP contribution < -0.4 is 10.6 Å². The topological polar surface area (TPSA) is 24.1 Å². The van der Waals surface area contributed by atoms with E-state index in [9.17, 15) is 0 Å². The van der Waals surface area contributed by atoms with Crippen LogP contribution in [0.25, 0.3) is 0 Å². The van der Waals surface area contributed by atoms with E-state index in [4.69, 9.17) is 0 Å². The number of hydrogen-bond acceptors (Lipinski definition) is 2. The highest BCUT2D eigenvalue weighted by atomic mass is 15.2. The molecule has 2 nitrogen and oxygen atoms in total. The average molecular weight is 196 g/mol. The van der Waals surface area contributed by atoms with Crippen LogP contribution in [-0.2, 0) is 0 Å². The third kappa shape index (κ3) is 2.74. The number of hydrogen-bond donors (Lipinski definition) is 2. The number of allylic oxidation sites excluding steroid dienone is 1. The Kier molecular flexibility index (Phi) is 3.25. The van der Waals surface area contributed by atoms with Gasteiger partial charge < -0.3 is 5.32 Å². The highest BCUT2D eigenvalue weighted by molar-refractivity contribution is 5.15. The maximum atomic E-state index is 3.62. The molecule has 0 saturated carbocycles. The second kappa shape index (κ2) is 3.93. The van der Waals surface area contributed by atoms with E-state index in [0.717, 1.165) is 6.54 Å². The first-order valence-electron chi connectivity index (χ1n) is 5.61. The van der Waals surface area contributed by atoms with Gasteiger partial charge in [-0.2, -0.15) is 0 Å². The van der Waals surface area contributed by atoms with Crippen molar-refractivity contribution in [1.29, 1.82) is 0 Å². The first kappa shape index (κ1) is 11.6. The van der Waals surface area contributed by atoms with E-state index < -0.39 is 0 Å². The van der Waals surface area contributed by atoms with Crippen LogP contribution in [-0.4, -0.2) is 12.2 Å². The molecule has 0 aromatic heterocycles. The second-order valence-electron chi connectivity index (χ2n) is 5.46. The van der Waals surface area contributed by atoms with E-state index in [-0.39, 0.29) is 11.1 Å². The fourth-order valence-corrected chi connectivity index (χ4v) is 1.92. The lowest BCUT2D eigenvalue weighted by Gasteiger charge is -2.41. The fourth-order valence-electron chi connectivity index (χ4n) is 1.92. The first-order valence-corrected chi connectivity index (χ1v) is 5.61. The van der Waals surface area contributed by atoms with Gasteiger partial charge in [0, 0.05) is 17.7 Å². The molecule has 1 aliphatic rings. The van der Waals surface area contributed by atoms with Crippen molar-refractivity contribution in [2.24, 2.45) is 5.41 Å². The smallest absolute Gasteiger partial charge is 0.0852 e. The molecule has 0 aromatic rings. The van der Waals surface area contributed by atoms with Crippen LogP contribution in [0.5, 0.6) is 0 Å². The van der Waals surface area contributed by atoms with Gasteiger partial charge in [0.25, 0.3) is 0 Å². The molecular weight excluding hydrogens is 172 g/mol. The molecular formula is C12H24N2. The summed E-state index contributed by atoms with van der Waals surface area (Å²) in [5, 5.41) is 7.13. The number of rotatable bonds is 2. The Bertz CT molecular complexity index is 225. The third-order valence-electron chi connectivity index (χ3n) is 2.77. The molecule has 1 unspecified atom stereocenters. The van der Waals surface area contributed by atoms with Crippen LogP contribution in [0.4, 0.5) is 0 Å². The van der Waals surface area contributed by atoms with Crippen LogP contribution in [0.2, 0.25) is 0 Å². The molecule has 0 bridgehead atoms. The summed E-state index contributed by atoms with van der Waals surface area (Å²) in [5.74, 6) is 0. The number of nitrogens with one attached hydrogen (secondary N) is 2. The molecule has 1 atom stereocenters. The highest BCUT2D eigenvalue weighted by Gasteiger charge is 2.29. The Morgan fingerprint density at radius 1 is 1.43 bits per heavy atom. The van der Waals surface area contributed by atoms with E-state index >= 15 is 0 Å². The summed E-state index contributed by atoms with van der Waals surface area (Å²) < 4.78 is 0. The Labute approximate surface area is 88.2 Å². The van der Waals surface area contributed by atoms with Crippen molar-refractivity contribution in [3.8, 4) is 0 Å². The van der Waals surface area contributed by atoms with Crippen molar-refractivity contribution in [3.63, 3.8) is 0 Å². The summed E-state index contributed by atoms with van der Waals surface area (Å²) in [6.45, 7) is 12.2. The molecule has 14 heavy (non-hydrogen) atoms. The largest absolute Gasteiger partial charge is 0.371 e. The van der Waals surface area contributed by atoms with Crippen LogP contribution in [0, 0.1) is 5.41 Å². The van der Waals surface area contributed by atoms with Gasteiger partial charge in [0.1, 0.15) is 0 Å². The quantitative estimate of drug-likeness (QED) is 0.709. The molecule has 0 fully saturated rings. The fraction of sp³-hybridized carbons (Fsp3) is 0.833. The molecule has 1 aliphatic heterocycles. The molecule has 0 amide bonds. The summed E-state index contributed by atoms with van der Waals surface area (Å²) in [6, 6.07) is 0. The molecule has 0 saturated heterocycles. The van der Waals surface area contributed by atoms with Crippen LogP contribution in [0.3, 0.4) is 0 Å². The molecule has 2 heteroatoms. The summed E-state index contributed by atoms with van der Waals surface area (Å²) in [7, 11) is 0. The van der Waals surface area contributed by atoms with Crippen molar-refractivity contribution in [1.82, 2.24) is 10.6 Å². The Hall–Kier alpha value is -0.500. The summed E-state index contributed by atoms with van der Waals surface area (Å²) in [5.41, 5.74) is 1.69. The molecule has 1 rings (SSSR count). The van der Waals surface area contributed by atoms with Gasteiger partial charge in [-0.25, -0.2) is 0 Å². The van der Waals surface area contributed by atoms with Gasteiger partial charge in [0.2, 0.25) is 0 Å². The van der Waals surface area contributed by atoms with E-state index in [1.54, 1.807) is 0 Å². The lowest BCUT2D eigenvalue weighted by Crippen LogP contribution is -2.58. The monoisotopic (exact) mass is 196 g/mol. The predicted molar refractivity (Wildman–Crippen MR) is 62.0 cm³/mol. The lowest BCUT2D eigenvalue weighted by molar-refractivity contribution is 0.251. The zero-order chi connectivity index (χ0) is 10.8. The Morgan fingerprint density at radius 3 is 2.57 bits per heavy atom. The first-order chi connectivity index (χ1) is 6.37. The maximum absolute atomic E-state index is 3.62. The minimum atomic E-state index is 0.0894. The van der Waals surface area contributed by atoms with E-state index in [0.29, 0.717) is 0 Å². The molecule has 2 N–H and O–H groups in total. The minimum absolute atomic E-state index is 0.0894. The van der Waals surface area contributed by atoms with E-state index in [2.05, 4.69) is 51.3 Å². The molecule has 0 aliphatic carbocycles. The van der Waals surface area contributed by atoms with Gasteiger partial charge in [0.05, 0.1) is 5.66 Å².